The zero-order valence-corrected chi connectivity index (χ0v) is 12.1. The van der Waals surface area contributed by atoms with Gasteiger partial charge in [0.2, 0.25) is 5.91 Å². The number of carbonyl (C=O) groups excluding carboxylic acids is 1. The van der Waals surface area contributed by atoms with E-state index in [0.29, 0.717) is 18.5 Å². The first-order chi connectivity index (χ1) is 8.50. The fourth-order valence-electron chi connectivity index (χ4n) is 2.63. The van der Waals surface area contributed by atoms with Crippen LogP contribution in [0.25, 0.3) is 0 Å². The minimum Gasteiger partial charge on any atom is -0.353 e. The predicted molar refractivity (Wildman–Crippen MR) is 75.3 cm³/mol. The van der Waals surface area contributed by atoms with E-state index in [1.165, 1.54) is 25.7 Å². The summed E-state index contributed by atoms with van der Waals surface area (Å²) in [6.45, 7) is 5.80. The average molecular weight is 255 g/mol. The highest BCUT2D eigenvalue weighted by Crippen LogP contribution is 2.21. The lowest BCUT2D eigenvalue weighted by Gasteiger charge is -2.24. The van der Waals surface area contributed by atoms with Crippen molar-refractivity contribution in [3.63, 3.8) is 0 Å². The Morgan fingerprint density at radius 2 is 2.00 bits per heavy atom. The standard InChI is InChI=1S/C14H29N3O/c1-11(2)10-13(15)14(18)16-8-9-17(3)12-6-4-5-7-12/h11-13H,4-10,15H2,1-3H3,(H,16,18). The molecule has 1 aliphatic rings. The van der Waals surface area contributed by atoms with Crippen LogP contribution < -0.4 is 11.1 Å². The summed E-state index contributed by atoms with van der Waals surface area (Å²) in [6, 6.07) is 0.355. The maximum atomic E-state index is 11.7. The molecule has 0 aromatic heterocycles. The topological polar surface area (TPSA) is 58.4 Å². The summed E-state index contributed by atoms with van der Waals surface area (Å²) >= 11 is 0. The summed E-state index contributed by atoms with van der Waals surface area (Å²) in [7, 11) is 2.15. The van der Waals surface area contributed by atoms with Gasteiger partial charge in [-0.15, -0.1) is 0 Å². The van der Waals surface area contributed by atoms with Crippen molar-refractivity contribution in [3.8, 4) is 0 Å². The Balaban J connectivity index is 2.14. The minimum absolute atomic E-state index is 0.0106. The summed E-state index contributed by atoms with van der Waals surface area (Å²) < 4.78 is 0. The number of rotatable bonds is 7. The molecule has 0 aliphatic heterocycles. The summed E-state index contributed by atoms with van der Waals surface area (Å²) in [6.07, 6.45) is 6.06. The largest absolute Gasteiger partial charge is 0.353 e. The molecule has 0 aromatic rings. The maximum absolute atomic E-state index is 11.7. The van der Waals surface area contributed by atoms with Crippen LogP contribution >= 0.6 is 0 Å². The molecule has 1 saturated carbocycles. The highest BCUT2D eigenvalue weighted by atomic mass is 16.2. The number of hydrogen-bond acceptors (Lipinski definition) is 3. The molecule has 1 fully saturated rings. The van der Waals surface area contributed by atoms with Crippen LogP contribution in [-0.2, 0) is 4.79 Å². The molecule has 0 spiro atoms. The smallest absolute Gasteiger partial charge is 0.236 e. The monoisotopic (exact) mass is 255 g/mol. The van der Waals surface area contributed by atoms with Crippen LogP contribution in [0, 0.1) is 5.92 Å². The van der Waals surface area contributed by atoms with Crippen molar-refractivity contribution in [3.05, 3.63) is 0 Å². The van der Waals surface area contributed by atoms with Crippen molar-refractivity contribution >= 4 is 5.91 Å². The van der Waals surface area contributed by atoms with E-state index in [9.17, 15) is 4.79 Å². The van der Waals surface area contributed by atoms with Gasteiger partial charge in [0.05, 0.1) is 6.04 Å². The van der Waals surface area contributed by atoms with Crippen LogP contribution in [-0.4, -0.2) is 43.0 Å². The SMILES string of the molecule is CC(C)CC(N)C(=O)NCCN(C)C1CCCC1. The van der Waals surface area contributed by atoms with E-state index in [1.54, 1.807) is 0 Å². The Morgan fingerprint density at radius 1 is 1.39 bits per heavy atom. The van der Waals surface area contributed by atoms with Gasteiger partial charge in [0.15, 0.2) is 0 Å². The van der Waals surface area contributed by atoms with Crippen molar-refractivity contribution in [1.82, 2.24) is 10.2 Å². The second kappa shape index (κ2) is 7.74. The second-order valence-corrected chi connectivity index (χ2v) is 5.95. The molecule has 0 bridgehead atoms. The Hall–Kier alpha value is -0.610. The van der Waals surface area contributed by atoms with Gasteiger partial charge in [-0.05, 0) is 32.2 Å². The molecular formula is C14H29N3O. The number of hydrogen-bond donors (Lipinski definition) is 2. The zero-order chi connectivity index (χ0) is 13.5. The van der Waals surface area contributed by atoms with Gasteiger partial charge in [0.25, 0.3) is 0 Å². The minimum atomic E-state index is -0.359. The molecule has 4 nitrogen and oxygen atoms in total. The molecule has 1 atom stereocenters. The van der Waals surface area contributed by atoms with Crippen LogP contribution in [0.3, 0.4) is 0 Å². The molecule has 0 aromatic carbocycles. The van der Waals surface area contributed by atoms with Crippen molar-refractivity contribution in [2.45, 2.75) is 58.0 Å². The first-order valence-corrected chi connectivity index (χ1v) is 7.24. The molecule has 3 N–H and O–H groups in total. The summed E-state index contributed by atoms with van der Waals surface area (Å²) in [5.74, 6) is 0.454. The quantitative estimate of drug-likeness (QED) is 0.722. The summed E-state index contributed by atoms with van der Waals surface area (Å²) in [5.41, 5.74) is 5.83. The fourth-order valence-corrected chi connectivity index (χ4v) is 2.63. The van der Waals surface area contributed by atoms with E-state index in [1.807, 2.05) is 0 Å². The molecule has 0 radical (unpaired) electrons. The lowest BCUT2D eigenvalue weighted by Crippen LogP contribution is -2.44. The van der Waals surface area contributed by atoms with Gasteiger partial charge in [-0.1, -0.05) is 26.7 Å². The van der Waals surface area contributed by atoms with Crippen LogP contribution in [0.5, 0.6) is 0 Å². The number of nitrogens with one attached hydrogen (secondary N) is 1. The predicted octanol–water partition coefficient (Wildman–Crippen LogP) is 1.35. The first-order valence-electron chi connectivity index (χ1n) is 7.24. The van der Waals surface area contributed by atoms with Crippen LogP contribution in [0.2, 0.25) is 0 Å². The van der Waals surface area contributed by atoms with Crippen molar-refractivity contribution < 1.29 is 4.79 Å². The van der Waals surface area contributed by atoms with Gasteiger partial charge >= 0.3 is 0 Å². The number of amides is 1. The summed E-state index contributed by atoms with van der Waals surface area (Å²) in [5, 5.41) is 2.94. The van der Waals surface area contributed by atoms with Gasteiger partial charge in [-0.3, -0.25) is 4.79 Å². The van der Waals surface area contributed by atoms with Gasteiger partial charge in [-0.25, -0.2) is 0 Å². The molecule has 18 heavy (non-hydrogen) atoms. The molecule has 1 amide bonds. The van der Waals surface area contributed by atoms with Gasteiger partial charge < -0.3 is 16.0 Å². The Labute approximate surface area is 111 Å². The van der Waals surface area contributed by atoms with Gasteiger partial charge in [-0.2, -0.15) is 0 Å². The van der Waals surface area contributed by atoms with Crippen molar-refractivity contribution in [2.75, 3.05) is 20.1 Å². The number of nitrogens with zero attached hydrogens (tertiary/aromatic N) is 1. The number of nitrogens with two attached hydrogens (primary N) is 1. The molecule has 1 unspecified atom stereocenters. The third-order valence-electron chi connectivity index (χ3n) is 3.77. The van der Waals surface area contributed by atoms with Crippen LogP contribution in [0.4, 0.5) is 0 Å². The van der Waals surface area contributed by atoms with E-state index in [4.69, 9.17) is 5.73 Å². The van der Waals surface area contributed by atoms with Gasteiger partial charge in [0, 0.05) is 19.1 Å². The van der Waals surface area contributed by atoms with Crippen molar-refractivity contribution in [2.24, 2.45) is 11.7 Å². The first kappa shape index (κ1) is 15.4. The summed E-state index contributed by atoms with van der Waals surface area (Å²) in [4.78, 5) is 14.1. The molecule has 106 valence electrons. The third-order valence-corrected chi connectivity index (χ3v) is 3.77. The molecule has 4 heteroatoms. The van der Waals surface area contributed by atoms with E-state index in [2.05, 4.69) is 31.1 Å². The van der Waals surface area contributed by atoms with E-state index in [0.717, 1.165) is 13.0 Å². The lowest BCUT2D eigenvalue weighted by atomic mass is 10.0. The fraction of sp³-hybridized carbons (Fsp3) is 0.929. The molecular weight excluding hydrogens is 226 g/mol. The van der Waals surface area contributed by atoms with E-state index in [-0.39, 0.29) is 11.9 Å². The molecule has 0 saturated heterocycles. The second-order valence-electron chi connectivity index (χ2n) is 5.95. The normalized spacial score (nSPS) is 18.6. The van der Waals surface area contributed by atoms with Crippen LogP contribution in [0.1, 0.15) is 46.0 Å². The number of likely N-dealkylation sites (N-methyl/N-ethyl adjacent to an activating group) is 1. The Morgan fingerprint density at radius 3 is 2.56 bits per heavy atom. The highest BCUT2D eigenvalue weighted by Gasteiger charge is 2.19. The average Bonchev–Trinajstić information content (AvgIpc) is 2.81. The lowest BCUT2D eigenvalue weighted by molar-refractivity contribution is -0.122. The Bertz CT molecular complexity index is 249. The third kappa shape index (κ3) is 5.36. The molecule has 1 rings (SSSR count). The highest BCUT2D eigenvalue weighted by molar-refractivity contribution is 5.81. The Kier molecular flexibility index (Phi) is 6.65. The molecule has 0 heterocycles. The molecule has 1 aliphatic carbocycles. The zero-order valence-electron chi connectivity index (χ0n) is 12.1. The maximum Gasteiger partial charge on any atom is 0.236 e. The van der Waals surface area contributed by atoms with E-state index >= 15 is 0 Å². The van der Waals surface area contributed by atoms with E-state index < -0.39 is 0 Å². The number of carbonyl (C=O) groups is 1. The van der Waals surface area contributed by atoms with Gasteiger partial charge in [0.1, 0.15) is 0 Å². The van der Waals surface area contributed by atoms with Crippen LogP contribution in [0.15, 0.2) is 0 Å². The van der Waals surface area contributed by atoms with Crippen molar-refractivity contribution in [1.29, 1.82) is 0 Å².